The monoisotopic (exact) mass is 442 g/mol. The summed E-state index contributed by atoms with van der Waals surface area (Å²) in [5, 5.41) is 0. The molecular weight excluding hydrogens is 416 g/mol. The smallest absolute Gasteiger partial charge is 0.194 e. The molecule has 0 N–H and O–H groups in total. The standard InChI is InChI=1S/C32H26O2/c1-32(2,3)29-20-23(25-14-8-10-16-27(25)31(29)34)18-17-22-19-28(21-11-5-4-6-12-21)30(33)26-15-9-7-13-24(22)26/h4-20H,1-3H3/b22-17-,23-18-. The third kappa shape index (κ3) is 3.82. The maximum atomic E-state index is 13.3. The van der Waals surface area contributed by atoms with Gasteiger partial charge in [-0.3, -0.25) is 9.59 Å². The molecule has 5 rings (SSSR count). The van der Waals surface area contributed by atoms with E-state index in [2.05, 4.69) is 32.9 Å². The number of carbonyl (C=O) groups excluding carboxylic acids is 2. The third-order valence-corrected chi connectivity index (χ3v) is 6.39. The summed E-state index contributed by atoms with van der Waals surface area (Å²) in [5.74, 6) is 0.128. The highest BCUT2D eigenvalue weighted by Crippen LogP contribution is 2.38. The zero-order valence-corrected chi connectivity index (χ0v) is 19.6. The Morgan fingerprint density at radius 3 is 1.59 bits per heavy atom. The quantitative estimate of drug-likeness (QED) is 0.409. The van der Waals surface area contributed by atoms with Crippen LogP contribution in [0, 0.1) is 5.41 Å². The summed E-state index contributed by atoms with van der Waals surface area (Å²) in [6.45, 7) is 6.20. The van der Waals surface area contributed by atoms with Crippen LogP contribution in [0.15, 0.2) is 109 Å². The van der Waals surface area contributed by atoms with Gasteiger partial charge in [0.15, 0.2) is 11.6 Å². The van der Waals surface area contributed by atoms with E-state index in [0.717, 1.165) is 39.0 Å². The van der Waals surface area contributed by atoms with Crippen molar-refractivity contribution in [3.8, 4) is 0 Å². The van der Waals surface area contributed by atoms with E-state index in [-0.39, 0.29) is 17.0 Å². The average molecular weight is 443 g/mol. The molecule has 0 atom stereocenters. The normalized spacial score (nSPS) is 17.9. The van der Waals surface area contributed by atoms with Crippen LogP contribution in [0.25, 0.3) is 16.7 Å². The van der Waals surface area contributed by atoms with Gasteiger partial charge in [-0.1, -0.05) is 112 Å². The average Bonchev–Trinajstić information content (AvgIpc) is 2.85. The minimum absolute atomic E-state index is 0.0372. The zero-order valence-electron chi connectivity index (χ0n) is 19.6. The largest absolute Gasteiger partial charge is 0.289 e. The maximum Gasteiger partial charge on any atom is 0.194 e. The fourth-order valence-corrected chi connectivity index (χ4v) is 4.60. The number of ketones is 2. The van der Waals surface area contributed by atoms with E-state index < -0.39 is 0 Å². The van der Waals surface area contributed by atoms with Crippen LogP contribution >= 0.6 is 0 Å². The number of fused-ring (bicyclic) bond motifs is 2. The number of Topliss-reactive ketones (excluding diaryl/α,β-unsaturated/α-hetero) is 2. The molecule has 0 fully saturated rings. The molecule has 3 aromatic carbocycles. The molecule has 0 spiro atoms. The highest BCUT2D eigenvalue weighted by molar-refractivity contribution is 6.33. The van der Waals surface area contributed by atoms with Gasteiger partial charge in [-0.25, -0.2) is 0 Å². The van der Waals surface area contributed by atoms with Gasteiger partial charge in [-0.2, -0.15) is 0 Å². The predicted molar refractivity (Wildman–Crippen MR) is 139 cm³/mol. The Labute approximate surface area is 200 Å². The van der Waals surface area contributed by atoms with Crippen LogP contribution in [0.2, 0.25) is 0 Å². The van der Waals surface area contributed by atoms with Crippen molar-refractivity contribution in [1.29, 1.82) is 0 Å². The first-order valence-electron chi connectivity index (χ1n) is 11.5. The van der Waals surface area contributed by atoms with Gasteiger partial charge in [0.05, 0.1) is 0 Å². The summed E-state index contributed by atoms with van der Waals surface area (Å²) in [6, 6.07) is 25.3. The van der Waals surface area contributed by atoms with E-state index >= 15 is 0 Å². The SMILES string of the molecule is CC(C)(C)C1=C/C(=C/C=C2/C=C(c3ccccc3)C(=O)c3ccccc32)c2ccccc2C1=O. The van der Waals surface area contributed by atoms with E-state index in [1.54, 1.807) is 0 Å². The molecule has 2 heteroatoms. The van der Waals surface area contributed by atoms with Gasteiger partial charge in [0.2, 0.25) is 0 Å². The zero-order chi connectivity index (χ0) is 23.9. The molecule has 0 bridgehead atoms. The summed E-state index contributed by atoms with van der Waals surface area (Å²) >= 11 is 0. The lowest BCUT2D eigenvalue weighted by Gasteiger charge is -2.27. The molecule has 166 valence electrons. The third-order valence-electron chi connectivity index (χ3n) is 6.39. The Morgan fingerprint density at radius 1 is 0.559 bits per heavy atom. The first kappa shape index (κ1) is 21.8. The highest BCUT2D eigenvalue weighted by Gasteiger charge is 2.30. The van der Waals surface area contributed by atoms with Gasteiger partial charge < -0.3 is 0 Å². The number of allylic oxidation sites excluding steroid dienone is 8. The number of benzene rings is 3. The van der Waals surface area contributed by atoms with Crippen molar-refractivity contribution in [2.45, 2.75) is 20.8 Å². The van der Waals surface area contributed by atoms with Crippen LogP contribution in [0.4, 0.5) is 0 Å². The molecule has 0 unspecified atom stereocenters. The highest BCUT2D eigenvalue weighted by atomic mass is 16.1. The molecule has 0 saturated heterocycles. The Bertz CT molecular complexity index is 1440. The van der Waals surface area contributed by atoms with Crippen molar-refractivity contribution >= 4 is 28.3 Å². The second-order valence-corrected chi connectivity index (χ2v) is 9.73. The molecule has 0 aliphatic heterocycles. The number of carbonyl (C=O) groups is 2. The van der Waals surface area contributed by atoms with Gasteiger partial charge in [-0.05, 0) is 45.4 Å². The molecule has 0 heterocycles. The van der Waals surface area contributed by atoms with Crippen LogP contribution in [-0.4, -0.2) is 11.6 Å². The van der Waals surface area contributed by atoms with Crippen molar-refractivity contribution in [2.75, 3.05) is 0 Å². The molecule has 0 saturated carbocycles. The molecule has 3 aromatic rings. The van der Waals surface area contributed by atoms with Crippen LogP contribution in [0.1, 0.15) is 58.2 Å². The van der Waals surface area contributed by atoms with Crippen LogP contribution in [0.5, 0.6) is 0 Å². The van der Waals surface area contributed by atoms with Crippen LogP contribution in [0.3, 0.4) is 0 Å². The number of hydrogen-bond acceptors (Lipinski definition) is 2. The van der Waals surface area contributed by atoms with Crippen molar-refractivity contribution in [3.63, 3.8) is 0 Å². The molecule has 2 nitrogen and oxygen atoms in total. The van der Waals surface area contributed by atoms with Gasteiger partial charge in [0.1, 0.15) is 0 Å². The first-order chi connectivity index (χ1) is 16.3. The Kier molecular flexibility index (Phi) is 5.37. The van der Waals surface area contributed by atoms with Crippen molar-refractivity contribution in [3.05, 3.63) is 137 Å². The van der Waals surface area contributed by atoms with Crippen LogP contribution in [-0.2, 0) is 0 Å². The summed E-state index contributed by atoms with van der Waals surface area (Å²) < 4.78 is 0. The topological polar surface area (TPSA) is 34.1 Å². The molecule has 34 heavy (non-hydrogen) atoms. The van der Waals surface area contributed by atoms with Crippen molar-refractivity contribution in [2.24, 2.45) is 5.41 Å². The molecule has 0 aromatic heterocycles. The molecule has 0 amide bonds. The lowest BCUT2D eigenvalue weighted by molar-refractivity contribution is 0.101. The molecular formula is C32H26O2. The van der Waals surface area contributed by atoms with Gasteiger partial charge in [0.25, 0.3) is 0 Å². The van der Waals surface area contributed by atoms with E-state index in [0.29, 0.717) is 11.1 Å². The van der Waals surface area contributed by atoms with Gasteiger partial charge in [0, 0.05) is 22.3 Å². The van der Waals surface area contributed by atoms with Crippen molar-refractivity contribution < 1.29 is 9.59 Å². The minimum Gasteiger partial charge on any atom is -0.289 e. The van der Waals surface area contributed by atoms with Gasteiger partial charge in [-0.15, -0.1) is 0 Å². The van der Waals surface area contributed by atoms with Crippen molar-refractivity contribution in [1.82, 2.24) is 0 Å². The Morgan fingerprint density at radius 2 is 1.03 bits per heavy atom. The lowest BCUT2D eigenvalue weighted by Crippen LogP contribution is -2.22. The summed E-state index contributed by atoms with van der Waals surface area (Å²) in [7, 11) is 0. The number of hydrogen-bond donors (Lipinski definition) is 0. The fraction of sp³-hybridized carbons (Fsp3) is 0.125. The number of rotatable bonds is 2. The summed E-state index contributed by atoms with van der Waals surface area (Å²) in [6.07, 6.45) is 8.12. The molecule has 2 aliphatic carbocycles. The van der Waals surface area contributed by atoms with E-state index in [9.17, 15) is 9.59 Å². The first-order valence-corrected chi connectivity index (χ1v) is 11.5. The van der Waals surface area contributed by atoms with E-state index in [4.69, 9.17) is 0 Å². The predicted octanol–water partition coefficient (Wildman–Crippen LogP) is 7.60. The van der Waals surface area contributed by atoms with E-state index in [1.165, 1.54) is 0 Å². The van der Waals surface area contributed by atoms with Crippen LogP contribution < -0.4 is 0 Å². The Hall–Kier alpha value is -4.04. The Balaban J connectivity index is 1.69. The van der Waals surface area contributed by atoms with Gasteiger partial charge >= 0.3 is 0 Å². The maximum absolute atomic E-state index is 13.3. The summed E-state index contributed by atoms with van der Waals surface area (Å²) in [4.78, 5) is 26.4. The molecule has 0 radical (unpaired) electrons. The molecule has 2 aliphatic rings. The van der Waals surface area contributed by atoms with E-state index in [1.807, 2.05) is 91.0 Å². The summed E-state index contributed by atoms with van der Waals surface area (Å²) in [5.41, 5.74) is 7.40. The second kappa shape index (κ2) is 8.39. The minimum atomic E-state index is -0.263. The fourth-order valence-electron chi connectivity index (χ4n) is 4.60. The lowest BCUT2D eigenvalue weighted by atomic mass is 9.75. The second-order valence-electron chi connectivity index (χ2n) is 9.73.